The molecule has 0 aliphatic carbocycles. The van der Waals surface area contributed by atoms with Gasteiger partial charge in [-0.3, -0.25) is 37.3 Å². The fourth-order valence-corrected chi connectivity index (χ4v) is 14.0. The van der Waals surface area contributed by atoms with E-state index >= 15 is 0 Å². The van der Waals surface area contributed by atoms with Crippen molar-refractivity contribution in [1.82, 2.24) is 0 Å². The van der Waals surface area contributed by atoms with Gasteiger partial charge in [0, 0.05) is 25.7 Å². The second-order valence-corrected chi connectivity index (χ2v) is 32.2. The summed E-state index contributed by atoms with van der Waals surface area (Å²) in [6.07, 6.45) is 63.7. The van der Waals surface area contributed by atoms with Crippen molar-refractivity contribution in [1.29, 1.82) is 0 Å². The average molecular weight is 1450 g/mol. The molecule has 99 heavy (non-hydrogen) atoms. The number of hydrogen-bond acceptors (Lipinski definition) is 15. The lowest BCUT2D eigenvalue weighted by molar-refractivity contribution is -0.161. The molecule has 0 saturated heterocycles. The number of phosphoric ester groups is 2. The zero-order valence-corrected chi connectivity index (χ0v) is 66.4. The Balaban J connectivity index is 5.23. The molecule has 0 radical (unpaired) electrons. The Bertz CT molecular complexity index is 1890. The fourth-order valence-electron chi connectivity index (χ4n) is 12.4. The van der Waals surface area contributed by atoms with Gasteiger partial charge in [0.25, 0.3) is 0 Å². The van der Waals surface area contributed by atoms with Crippen LogP contribution in [0.4, 0.5) is 0 Å². The summed E-state index contributed by atoms with van der Waals surface area (Å²) in [5.74, 6) is -1.30. The number of aliphatic hydroxyl groups is 1. The van der Waals surface area contributed by atoms with E-state index < -0.39 is 97.5 Å². The third-order valence-electron chi connectivity index (χ3n) is 18.8. The number of carbonyl (C=O) groups is 4. The van der Waals surface area contributed by atoms with E-state index in [1.165, 1.54) is 250 Å². The molecule has 0 spiro atoms. The van der Waals surface area contributed by atoms with Crippen molar-refractivity contribution in [3.63, 3.8) is 0 Å². The van der Waals surface area contributed by atoms with Gasteiger partial charge in [0.2, 0.25) is 0 Å². The SMILES string of the molecule is CCCCCCCCCCCCCCCCCCCCC(=O)OC[C@H](COP(=O)(O)OC[C@@H](O)COP(=O)(O)OC[C@@H](COC(=O)CCCCCCCCCCCCC)OC(=O)CCCCCCCCCCCCCC)OC(=O)CCCCCCCCCCCCCCCCCC(C)C. The Morgan fingerprint density at radius 1 is 0.273 bits per heavy atom. The highest BCUT2D eigenvalue weighted by molar-refractivity contribution is 7.47. The molecule has 0 bridgehead atoms. The maximum absolute atomic E-state index is 13.1. The average Bonchev–Trinajstić information content (AvgIpc) is 0.992. The lowest BCUT2D eigenvalue weighted by Crippen LogP contribution is -2.30. The molecule has 0 aromatic carbocycles. The van der Waals surface area contributed by atoms with Gasteiger partial charge in [0.1, 0.15) is 19.3 Å². The lowest BCUT2D eigenvalue weighted by Gasteiger charge is -2.21. The second kappa shape index (κ2) is 73.0. The van der Waals surface area contributed by atoms with Crippen molar-refractivity contribution in [2.75, 3.05) is 39.6 Å². The Morgan fingerprint density at radius 2 is 0.465 bits per heavy atom. The van der Waals surface area contributed by atoms with Crippen molar-refractivity contribution in [3.8, 4) is 0 Å². The van der Waals surface area contributed by atoms with Crippen molar-refractivity contribution in [3.05, 3.63) is 0 Å². The topological polar surface area (TPSA) is 237 Å². The standard InChI is InChI=1S/C80H156O17P2/c1-6-9-12-15-18-21-24-26-27-28-29-32-35-40-44-49-54-59-64-78(83)91-70-76(97-80(85)66-61-56-51-46-41-36-33-30-31-34-38-42-47-52-57-62-73(4)5)72-95-99(88,89)93-68-74(81)67-92-98(86,87)94-71-75(69-90-77(82)63-58-53-48-43-37-23-20-17-14-11-8-3)96-79(84)65-60-55-50-45-39-25-22-19-16-13-10-7-2/h73-76,81H,6-72H2,1-5H3,(H,86,87)(H,88,89)/t74-,75+,76+/m0/s1. The summed E-state index contributed by atoms with van der Waals surface area (Å²) in [4.78, 5) is 73.0. The minimum Gasteiger partial charge on any atom is -0.462 e. The largest absolute Gasteiger partial charge is 0.472 e. The number of carbonyl (C=O) groups excluding carboxylic acids is 4. The van der Waals surface area contributed by atoms with Crippen molar-refractivity contribution in [2.24, 2.45) is 5.92 Å². The highest BCUT2D eigenvalue weighted by Gasteiger charge is 2.30. The molecular formula is C80H156O17P2. The van der Waals surface area contributed by atoms with Gasteiger partial charge in [-0.15, -0.1) is 0 Å². The molecule has 0 amide bonds. The molecule has 0 rings (SSSR count). The number of unbranched alkanes of at least 4 members (excludes halogenated alkanes) is 52. The third-order valence-corrected chi connectivity index (χ3v) is 20.7. The van der Waals surface area contributed by atoms with Crippen molar-refractivity contribution in [2.45, 2.75) is 445 Å². The summed E-state index contributed by atoms with van der Waals surface area (Å²) in [5.41, 5.74) is 0. The van der Waals surface area contributed by atoms with E-state index in [1.807, 2.05) is 0 Å². The molecule has 0 aromatic heterocycles. The van der Waals surface area contributed by atoms with Crippen LogP contribution in [0.5, 0.6) is 0 Å². The first-order chi connectivity index (χ1) is 48.0. The summed E-state index contributed by atoms with van der Waals surface area (Å²) in [6, 6.07) is 0. The molecule has 3 N–H and O–H groups in total. The van der Waals surface area contributed by atoms with Crippen LogP contribution < -0.4 is 0 Å². The quantitative estimate of drug-likeness (QED) is 0.0222. The first-order valence-electron chi connectivity index (χ1n) is 41.6. The Hall–Kier alpha value is -1.94. The summed E-state index contributed by atoms with van der Waals surface area (Å²) >= 11 is 0. The van der Waals surface area contributed by atoms with E-state index in [4.69, 9.17) is 37.0 Å². The number of rotatable bonds is 80. The van der Waals surface area contributed by atoms with Crippen LogP contribution >= 0.6 is 15.6 Å². The van der Waals surface area contributed by atoms with E-state index in [1.54, 1.807) is 0 Å². The van der Waals surface area contributed by atoms with E-state index in [-0.39, 0.29) is 25.7 Å². The van der Waals surface area contributed by atoms with Gasteiger partial charge < -0.3 is 33.8 Å². The summed E-state index contributed by atoms with van der Waals surface area (Å²) in [6.45, 7) is 7.35. The van der Waals surface area contributed by atoms with Crippen LogP contribution in [0.2, 0.25) is 0 Å². The molecule has 0 aromatic rings. The molecule has 19 heteroatoms. The van der Waals surface area contributed by atoms with Crippen LogP contribution in [0, 0.1) is 5.92 Å². The molecular weight excluding hydrogens is 1290 g/mol. The molecule has 588 valence electrons. The zero-order chi connectivity index (χ0) is 72.7. The van der Waals surface area contributed by atoms with Crippen LogP contribution in [-0.4, -0.2) is 96.7 Å². The Morgan fingerprint density at radius 3 is 0.687 bits per heavy atom. The molecule has 0 fully saturated rings. The minimum atomic E-state index is -4.96. The van der Waals surface area contributed by atoms with Crippen LogP contribution in [0.1, 0.15) is 426 Å². The molecule has 0 heterocycles. The second-order valence-electron chi connectivity index (χ2n) is 29.3. The summed E-state index contributed by atoms with van der Waals surface area (Å²) in [7, 11) is -9.92. The van der Waals surface area contributed by atoms with E-state index in [0.29, 0.717) is 25.7 Å². The monoisotopic (exact) mass is 1450 g/mol. The fraction of sp³-hybridized carbons (Fsp3) is 0.950. The summed E-state index contributed by atoms with van der Waals surface area (Å²) in [5, 5.41) is 10.6. The normalized spacial score (nSPS) is 13.9. The molecule has 0 saturated carbocycles. The number of hydrogen-bond donors (Lipinski definition) is 3. The number of esters is 4. The number of aliphatic hydroxyl groups excluding tert-OH is 1. The van der Waals surface area contributed by atoms with Crippen molar-refractivity contribution < 1.29 is 80.2 Å². The Labute approximate surface area is 607 Å². The molecule has 5 atom stereocenters. The van der Waals surface area contributed by atoms with Crippen molar-refractivity contribution >= 4 is 39.5 Å². The molecule has 0 aliphatic rings. The molecule has 0 aliphatic heterocycles. The zero-order valence-electron chi connectivity index (χ0n) is 64.6. The van der Waals surface area contributed by atoms with Crippen LogP contribution in [-0.2, 0) is 65.4 Å². The van der Waals surface area contributed by atoms with Crippen LogP contribution in [0.3, 0.4) is 0 Å². The van der Waals surface area contributed by atoms with Gasteiger partial charge in [-0.05, 0) is 31.6 Å². The van der Waals surface area contributed by atoms with Gasteiger partial charge in [-0.2, -0.15) is 0 Å². The smallest absolute Gasteiger partial charge is 0.462 e. The number of ether oxygens (including phenoxy) is 4. The van der Waals surface area contributed by atoms with E-state index in [0.717, 1.165) is 95.8 Å². The van der Waals surface area contributed by atoms with E-state index in [2.05, 4.69) is 34.6 Å². The van der Waals surface area contributed by atoms with Crippen LogP contribution in [0.15, 0.2) is 0 Å². The lowest BCUT2D eigenvalue weighted by atomic mass is 10.0. The minimum absolute atomic E-state index is 0.108. The maximum Gasteiger partial charge on any atom is 0.472 e. The molecule has 17 nitrogen and oxygen atoms in total. The highest BCUT2D eigenvalue weighted by Crippen LogP contribution is 2.45. The summed E-state index contributed by atoms with van der Waals surface area (Å²) < 4.78 is 68.7. The van der Waals surface area contributed by atoms with Gasteiger partial charge in [0.05, 0.1) is 26.4 Å². The van der Waals surface area contributed by atoms with Crippen LogP contribution in [0.25, 0.3) is 0 Å². The maximum atomic E-state index is 13.1. The van der Waals surface area contributed by atoms with Gasteiger partial charge >= 0.3 is 39.5 Å². The highest BCUT2D eigenvalue weighted by atomic mass is 31.2. The van der Waals surface area contributed by atoms with Gasteiger partial charge in [0.15, 0.2) is 12.2 Å². The third kappa shape index (κ3) is 74.1. The molecule has 2 unspecified atom stereocenters. The van der Waals surface area contributed by atoms with E-state index in [9.17, 15) is 43.2 Å². The van der Waals surface area contributed by atoms with Gasteiger partial charge in [-0.25, -0.2) is 9.13 Å². The van der Waals surface area contributed by atoms with Gasteiger partial charge in [-0.1, -0.05) is 375 Å². The Kier molecular flexibility index (Phi) is 71.6. The predicted molar refractivity (Wildman–Crippen MR) is 405 cm³/mol. The number of phosphoric acid groups is 2. The first-order valence-corrected chi connectivity index (χ1v) is 44.6. The predicted octanol–water partition coefficient (Wildman–Crippen LogP) is 24.0. The first kappa shape index (κ1) is 97.1.